The first-order valence-corrected chi connectivity index (χ1v) is 4.89. The van der Waals surface area contributed by atoms with Gasteiger partial charge in [-0.15, -0.1) is 0 Å². The van der Waals surface area contributed by atoms with Gasteiger partial charge in [0.1, 0.15) is 23.2 Å². The van der Waals surface area contributed by atoms with E-state index in [1.807, 2.05) is 0 Å². The van der Waals surface area contributed by atoms with E-state index in [9.17, 15) is 9.18 Å². The third-order valence-corrected chi connectivity index (χ3v) is 2.40. The van der Waals surface area contributed by atoms with Gasteiger partial charge in [0, 0.05) is 24.2 Å². The van der Waals surface area contributed by atoms with E-state index in [1.165, 1.54) is 20.3 Å². The zero-order valence-corrected chi connectivity index (χ0v) is 9.57. The van der Waals surface area contributed by atoms with E-state index in [0.717, 1.165) is 6.07 Å². The van der Waals surface area contributed by atoms with Crippen molar-refractivity contribution >= 4 is 5.97 Å². The molecule has 0 aliphatic heterocycles. The Hall–Kier alpha value is -1.82. The van der Waals surface area contributed by atoms with Gasteiger partial charge in [-0.25, -0.2) is 4.39 Å². The van der Waals surface area contributed by atoms with Crippen molar-refractivity contribution in [2.24, 2.45) is 5.73 Å². The van der Waals surface area contributed by atoms with Crippen LogP contribution in [0.3, 0.4) is 0 Å². The Kier molecular flexibility index (Phi) is 4.28. The van der Waals surface area contributed by atoms with Gasteiger partial charge in [-0.1, -0.05) is 0 Å². The minimum absolute atomic E-state index is 0.0664. The highest BCUT2D eigenvalue weighted by Crippen LogP contribution is 2.33. The second-order valence-corrected chi connectivity index (χ2v) is 3.35. The van der Waals surface area contributed by atoms with Crippen molar-refractivity contribution in [1.82, 2.24) is 0 Å². The number of aliphatic carboxylic acids is 1. The van der Waals surface area contributed by atoms with Gasteiger partial charge in [0.25, 0.3) is 0 Å². The molecule has 0 aromatic heterocycles. The topological polar surface area (TPSA) is 81.8 Å². The van der Waals surface area contributed by atoms with Gasteiger partial charge < -0.3 is 20.3 Å². The molecule has 0 amide bonds. The lowest BCUT2D eigenvalue weighted by Crippen LogP contribution is -2.23. The van der Waals surface area contributed by atoms with Crippen molar-refractivity contribution in [3.63, 3.8) is 0 Å². The minimum Gasteiger partial charge on any atom is -0.497 e. The molecule has 1 aromatic rings. The molecular weight excluding hydrogens is 229 g/mol. The highest BCUT2D eigenvalue weighted by Gasteiger charge is 2.26. The molecule has 1 unspecified atom stereocenters. The molecule has 0 aliphatic carbocycles. The number of ether oxygens (including phenoxy) is 2. The van der Waals surface area contributed by atoms with Crippen LogP contribution in [0.5, 0.6) is 11.5 Å². The number of hydrogen-bond donors (Lipinski definition) is 2. The van der Waals surface area contributed by atoms with Crippen LogP contribution < -0.4 is 15.2 Å². The van der Waals surface area contributed by atoms with Crippen molar-refractivity contribution in [2.45, 2.75) is 5.92 Å². The second-order valence-electron chi connectivity index (χ2n) is 3.35. The summed E-state index contributed by atoms with van der Waals surface area (Å²) >= 11 is 0. The highest BCUT2D eigenvalue weighted by atomic mass is 19.1. The van der Waals surface area contributed by atoms with E-state index >= 15 is 0 Å². The first-order valence-electron chi connectivity index (χ1n) is 4.89. The molecular formula is C11H14FNO4. The second kappa shape index (κ2) is 5.49. The van der Waals surface area contributed by atoms with Crippen molar-refractivity contribution < 1.29 is 23.8 Å². The van der Waals surface area contributed by atoms with Gasteiger partial charge in [-0.3, -0.25) is 4.79 Å². The molecule has 1 aromatic carbocycles. The smallest absolute Gasteiger partial charge is 0.312 e. The number of rotatable bonds is 5. The SMILES string of the molecule is COc1cc(F)c(C(CN)C(=O)O)c(OC)c1. The predicted molar refractivity (Wildman–Crippen MR) is 58.9 cm³/mol. The quantitative estimate of drug-likeness (QED) is 0.805. The maximum absolute atomic E-state index is 13.8. The summed E-state index contributed by atoms with van der Waals surface area (Å²) in [7, 11) is 2.71. The molecule has 0 bridgehead atoms. The average molecular weight is 243 g/mol. The van der Waals surface area contributed by atoms with E-state index in [1.54, 1.807) is 0 Å². The van der Waals surface area contributed by atoms with Crippen molar-refractivity contribution in [1.29, 1.82) is 0 Å². The largest absolute Gasteiger partial charge is 0.497 e. The Labute approximate surface area is 97.9 Å². The van der Waals surface area contributed by atoms with Crippen LogP contribution in [0.25, 0.3) is 0 Å². The lowest BCUT2D eigenvalue weighted by molar-refractivity contribution is -0.138. The molecule has 94 valence electrons. The lowest BCUT2D eigenvalue weighted by Gasteiger charge is -2.16. The first-order chi connectivity index (χ1) is 8.04. The zero-order valence-electron chi connectivity index (χ0n) is 9.57. The minimum atomic E-state index is -1.20. The summed E-state index contributed by atoms with van der Waals surface area (Å²) in [5.41, 5.74) is 5.27. The van der Waals surface area contributed by atoms with E-state index in [4.69, 9.17) is 20.3 Å². The molecule has 0 saturated heterocycles. The monoisotopic (exact) mass is 243 g/mol. The third-order valence-electron chi connectivity index (χ3n) is 2.40. The van der Waals surface area contributed by atoms with E-state index < -0.39 is 17.7 Å². The summed E-state index contributed by atoms with van der Waals surface area (Å²) < 4.78 is 23.6. The zero-order chi connectivity index (χ0) is 13.0. The van der Waals surface area contributed by atoms with Crippen LogP contribution >= 0.6 is 0 Å². The number of hydrogen-bond acceptors (Lipinski definition) is 4. The summed E-state index contributed by atoms with van der Waals surface area (Å²) in [5.74, 6) is -2.69. The summed E-state index contributed by atoms with van der Waals surface area (Å²) in [4.78, 5) is 11.0. The summed E-state index contributed by atoms with van der Waals surface area (Å²) in [6, 6.07) is 2.52. The normalized spacial score (nSPS) is 12.0. The van der Waals surface area contributed by atoms with Crippen LogP contribution in [0.1, 0.15) is 11.5 Å². The number of methoxy groups -OCH3 is 2. The van der Waals surface area contributed by atoms with Crippen LogP contribution in [0.2, 0.25) is 0 Å². The maximum atomic E-state index is 13.8. The lowest BCUT2D eigenvalue weighted by atomic mass is 9.97. The van der Waals surface area contributed by atoms with Crippen molar-refractivity contribution in [3.8, 4) is 11.5 Å². The van der Waals surface area contributed by atoms with Gasteiger partial charge in [0.05, 0.1) is 14.2 Å². The van der Waals surface area contributed by atoms with E-state index in [2.05, 4.69) is 0 Å². The van der Waals surface area contributed by atoms with Crippen molar-refractivity contribution in [3.05, 3.63) is 23.5 Å². The molecule has 3 N–H and O–H groups in total. The number of carbonyl (C=O) groups is 1. The molecule has 0 saturated carbocycles. The molecule has 0 fully saturated rings. The molecule has 0 spiro atoms. The van der Waals surface area contributed by atoms with Crippen LogP contribution in [0.15, 0.2) is 12.1 Å². The van der Waals surface area contributed by atoms with Crippen LogP contribution in [-0.4, -0.2) is 31.8 Å². The van der Waals surface area contributed by atoms with Gasteiger partial charge in [-0.2, -0.15) is 0 Å². The van der Waals surface area contributed by atoms with E-state index in [0.29, 0.717) is 0 Å². The Morgan fingerprint density at radius 3 is 2.53 bits per heavy atom. The van der Waals surface area contributed by atoms with Crippen LogP contribution in [0, 0.1) is 5.82 Å². The first kappa shape index (κ1) is 13.2. The van der Waals surface area contributed by atoms with Gasteiger partial charge in [0.15, 0.2) is 0 Å². The molecule has 1 atom stereocenters. The number of carboxylic acid groups (broad SMARTS) is 1. The van der Waals surface area contributed by atoms with Crippen molar-refractivity contribution in [2.75, 3.05) is 20.8 Å². The van der Waals surface area contributed by atoms with Crippen LogP contribution in [0.4, 0.5) is 4.39 Å². The number of benzene rings is 1. The molecule has 0 heterocycles. The Morgan fingerprint density at radius 2 is 2.12 bits per heavy atom. The van der Waals surface area contributed by atoms with E-state index in [-0.39, 0.29) is 23.6 Å². The van der Waals surface area contributed by atoms with Gasteiger partial charge >= 0.3 is 5.97 Å². The Bertz CT molecular complexity index is 422. The van der Waals surface area contributed by atoms with Gasteiger partial charge in [-0.05, 0) is 0 Å². The Morgan fingerprint density at radius 1 is 1.47 bits per heavy atom. The summed E-state index contributed by atoms with van der Waals surface area (Å²) in [6.07, 6.45) is 0. The highest BCUT2D eigenvalue weighted by molar-refractivity contribution is 5.78. The molecule has 17 heavy (non-hydrogen) atoms. The summed E-state index contributed by atoms with van der Waals surface area (Å²) in [6.45, 7) is -0.213. The van der Waals surface area contributed by atoms with Gasteiger partial charge in [0.2, 0.25) is 0 Å². The third kappa shape index (κ3) is 2.65. The summed E-state index contributed by atoms with van der Waals surface area (Å²) in [5, 5.41) is 8.96. The standard InChI is InChI=1S/C11H14FNO4/c1-16-6-3-8(12)10(9(4-6)17-2)7(5-13)11(14)15/h3-4,7H,5,13H2,1-2H3,(H,14,15). The fraction of sp³-hybridized carbons (Fsp3) is 0.364. The molecule has 0 aliphatic rings. The fourth-order valence-corrected chi connectivity index (χ4v) is 1.54. The Balaban J connectivity index is 3.35. The number of nitrogens with two attached hydrogens (primary N) is 1. The number of halogens is 1. The molecule has 6 heteroatoms. The number of carboxylic acids is 1. The fourth-order valence-electron chi connectivity index (χ4n) is 1.54. The molecule has 5 nitrogen and oxygen atoms in total. The van der Waals surface area contributed by atoms with Crippen LogP contribution in [-0.2, 0) is 4.79 Å². The molecule has 0 radical (unpaired) electrons. The predicted octanol–water partition coefficient (Wildman–Crippen LogP) is 0.970. The average Bonchev–Trinajstić information content (AvgIpc) is 2.31. The maximum Gasteiger partial charge on any atom is 0.312 e. The molecule has 1 rings (SSSR count).